The zero-order valence-corrected chi connectivity index (χ0v) is 12.2. The summed E-state index contributed by atoms with van der Waals surface area (Å²) in [7, 11) is 0. The summed E-state index contributed by atoms with van der Waals surface area (Å²) in [4.78, 5) is 4.30. The zero-order chi connectivity index (χ0) is 14.7. The number of hydrogen-bond acceptors (Lipinski definition) is 4. The average Bonchev–Trinajstić information content (AvgIpc) is 2.95. The van der Waals surface area contributed by atoms with Gasteiger partial charge >= 0.3 is 0 Å². The molecule has 0 spiro atoms. The maximum atomic E-state index is 5.85. The van der Waals surface area contributed by atoms with E-state index in [1.807, 2.05) is 43.3 Å². The number of aromatic nitrogens is 2. The highest BCUT2D eigenvalue weighted by Gasteiger charge is 2.09. The van der Waals surface area contributed by atoms with Crippen LogP contribution in [0, 0.1) is 6.92 Å². The van der Waals surface area contributed by atoms with E-state index in [4.69, 9.17) is 20.9 Å². The largest absolute Gasteiger partial charge is 0.484 e. The van der Waals surface area contributed by atoms with Crippen LogP contribution in [0.5, 0.6) is 5.75 Å². The van der Waals surface area contributed by atoms with Gasteiger partial charge in [-0.25, -0.2) is 0 Å². The van der Waals surface area contributed by atoms with Crippen LogP contribution in [0.2, 0.25) is 5.02 Å². The van der Waals surface area contributed by atoms with Crippen molar-refractivity contribution in [2.75, 3.05) is 0 Å². The fourth-order valence-electron chi connectivity index (χ4n) is 1.88. The normalized spacial score (nSPS) is 10.6. The number of halogens is 1. The smallest absolute Gasteiger partial charge is 0.264 e. The molecule has 0 amide bonds. The predicted octanol–water partition coefficient (Wildman–Crippen LogP) is 4.28. The van der Waals surface area contributed by atoms with Crippen molar-refractivity contribution in [1.82, 2.24) is 10.1 Å². The van der Waals surface area contributed by atoms with Gasteiger partial charge < -0.3 is 9.26 Å². The second-order valence-electron chi connectivity index (χ2n) is 4.62. The molecule has 0 saturated carbocycles. The van der Waals surface area contributed by atoms with Gasteiger partial charge in [0.25, 0.3) is 5.89 Å². The lowest BCUT2D eigenvalue weighted by Gasteiger charge is -2.03. The Labute approximate surface area is 127 Å². The minimum Gasteiger partial charge on any atom is -0.484 e. The molecule has 0 aliphatic rings. The number of hydrogen-bond donors (Lipinski definition) is 0. The molecule has 2 aromatic carbocycles. The fraction of sp³-hybridized carbons (Fsp3) is 0.125. The first-order valence-corrected chi connectivity index (χ1v) is 6.86. The molecule has 0 radical (unpaired) electrons. The van der Waals surface area contributed by atoms with Crippen LogP contribution in [0.25, 0.3) is 11.4 Å². The van der Waals surface area contributed by atoms with Crippen LogP contribution in [-0.4, -0.2) is 10.1 Å². The second-order valence-corrected chi connectivity index (χ2v) is 5.06. The number of rotatable bonds is 4. The Hall–Kier alpha value is -2.33. The van der Waals surface area contributed by atoms with Crippen LogP contribution in [0.4, 0.5) is 0 Å². The molecule has 4 nitrogen and oxygen atoms in total. The van der Waals surface area contributed by atoms with Crippen LogP contribution in [0.1, 0.15) is 11.5 Å². The van der Waals surface area contributed by atoms with Gasteiger partial charge in [-0.15, -0.1) is 0 Å². The molecule has 0 atom stereocenters. The van der Waals surface area contributed by atoms with Crippen molar-refractivity contribution in [3.63, 3.8) is 0 Å². The number of benzene rings is 2. The molecular formula is C16H13ClN2O2. The van der Waals surface area contributed by atoms with Crippen molar-refractivity contribution >= 4 is 11.6 Å². The Balaban J connectivity index is 1.69. The summed E-state index contributed by atoms with van der Waals surface area (Å²) in [5.74, 6) is 1.73. The van der Waals surface area contributed by atoms with Crippen LogP contribution >= 0.6 is 11.6 Å². The van der Waals surface area contributed by atoms with E-state index in [1.165, 1.54) is 0 Å². The third kappa shape index (κ3) is 3.41. The van der Waals surface area contributed by atoms with E-state index in [-0.39, 0.29) is 6.61 Å². The quantitative estimate of drug-likeness (QED) is 0.721. The molecule has 3 aromatic rings. The summed E-state index contributed by atoms with van der Waals surface area (Å²) in [5.41, 5.74) is 1.99. The highest BCUT2D eigenvalue weighted by Crippen LogP contribution is 2.19. The van der Waals surface area contributed by atoms with Crippen molar-refractivity contribution in [3.05, 3.63) is 65.0 Å². The topological polar surface area (TPSA) is 48.2 Å². The molecule has 0 bridgehead atoms. The van der Waals surface area contributed by atoms with Gasteiger partial charge in [0.1, 0.15) is 5.75 Å². The summed E-state index contributed by atoms with van der Waals surface area (Å²) in [6, 6.07) is 15.1. The second kappa shape index (κ2) is 5.97. The molecule has 0 aliphatic heterocycles. The molecule has 5 heteroatoms. The van der Waals surface area contributed by atoms with E-state index in [1.54, 1.807) is 12.1 Å². The van der Waals surface area contributed by atoms with Gasteiger partial charge in [-0.3, -0.25) is 0 Å². The molecule has 0 saturated heterocycles. The SMILES string of the molecule is Cc1cccc(OCc2nc(-c3ccc(Cl)cc3)no2)c1. The lowest BCUT2D eigenvalue weighted by molar-refractivity contribution is 0.243. The van der Waals surface area contributed by atoms with Gasteiger partial charge in [0, 0.05) is 10.6 Å². The summed E-state index contributed by atoms with van der Waals surface area (Å²) in [5, 5.41) is 4.61. The molecule has 1 heterocycles. The van der Waals surface area contributed by atoms with E-state index in [9.17, 15) is 0 Å². The molecule has 0 N–H and O–H groups in total. The van der Waals surface area contributed by atoms with E-state index >= 15 is 0 Å². The zero-order valence-electron chi connectivity index (χ0n) is 11.4. The lowest BCUT2D eigenvalue weighted by atomic mass is 10.2. The summed E-state index contributed by atoms with van der Waals surface area (Å²) < 4.78 is 10.8. The van der Waals surface area contributed by atoms with E-state index < -0.39 is 0 Å². The van der Waals surface area contributed by atoms with Crippen LogP contribution < -0.4 is 4.74 Å². The maximum Gasteiger partial charge on any atom is 0.264 e. The molecule has 0 fully saturated rings. The van der Waals surface area contributed by atoms with Crippen molar-refractivity contribution in [3.8, 4) is 17.1 Å². The Kier molecular flexibility index (Phi) is 3.88. The minimum absolute atomic E-state index is 0.240. The Morgan fingerprint density at radius 1 is 1.14 bits per heavy atom. The van der Waals surface area contributed by atoms with Gasteiger partial charge in [-0.2, -0.15) is 4.98 Å². The first-order chi connectivity index (χ1) is 10.2. The summed E-state index contributed by atoms with van der Waals surface area (Å²) in [6.45, 7) is 2.25. The Morgan fingerprint density at radius 2 is 1.95 bits per heavy atom. The first kappa shape index (κ1) is 13.6. The average molecular weight is 301 g/mol. The van der Waals surface area contributed by atoms with Crippen molar-refractivity contribution in [2.24, 2.45) is 0 Å². The van der Waals surface area contributed by atoms with E-state index in [2.05, 4.69) is 10.1 Å². The van der Waals surface area contributed by atoms with Gasteiger partial charge in [0.05, 0.1) is 0 Å². The third-order valence-electron chi connectivity index (χ3n) is 2.92. The van der Waals surface area contributed by atoms with E-state index in [0.717, 1.165) is 16.9 Å². The Bertz CT molecular complexity index is 738. The van der Waals surface area contributed by atoms with Crippen LogP contribution in [0.3, 0.4) is 0 Å². The fourth-order valence-corrected chi connectivity index (χ4v) is 2.01. The number of aryl methyl sites for hydroxylation is 1. The molecule has 21 heavy (non-hydrogen) atoms. The lowest BCUT2D eigenvalue weighted by Crippen LogP contribution is -1.95. The molecule has 3 rings (SSSR count). The molecule has 106 valence electrons. The minimum atomic E-state index is 0.240. The number of nitrogens with zero attached hydrogens (tertiary/aromatic N) is 2. The number of ether oxygens (including phenoxy) is 1. The van der Waals surface area contributed by atoms with Gasteiger partial charge in [-0.1, -0.05) is 28.9 Å². The molecule has 1 aromatic heterocycles. The van der Waals surface area contributed by atoms with E-state index in [0.29, 0.717) is 16.7 Å². The highest BCUT2D eigenvalue weighted by atomic mass is 35.5. The third-order valence-corrected chi connectivity index (χ3v) is 3.17. The molecule has 0 unspecified atom stereocenters. The molecule has 0 aliphatic carbocycles. The summed E-state index contributed by atoms with van der Waals surface area (Å²) in [6.07, 6.45) is 0. The summed E-state index contributed by atoms with van der Waals surface area (Å²) >= 11 is 5.85. The standard InChI is InChI=1S/C16H13ClN2O2/c1-11-3-2-4-14(9-11)20-10-15-18-16(19-21-15)12-5-7-13(17)8-6-12/h2-9H,10H2,1H3. The highest BCUT2D eigenvalue weighted by molar-refractivity contribution is 6.30. The van der Waals surface area contributed by atoms with Gasteiger partial charge in [-0.05, 0) is 48.9 Å². The van der Waals surface area contributed by atoms with Crippen LogP contribution in [-0.2, 0) is 6.61 Å². The first-order valence-electron chi connectivity index (χ1n) is 6.49. The maximum absolute atomic E-state index is 5.85. The predicted molar refractivity (Wildman–Crippen MR) is 80.3 cm³/mol. The molecular weight excluding hydrogens is 288 g/mol. The monoisotopic (exact) mass is 300 g/mol. The van der Waals surface area contributed by atoms with Gasteiger partial charge in [0.2, 0.25) is 5.82 Å². The van der Waals surface area contributed by atoms with Crippen molar-refractivity contribution < 1.29 is 9.26 Å². The van der Waals surface area contributed by atoms with Crippen molar-refractivity contribution in [2.45, 2.75) is 13.5 Å². The van der Waals surface area contributed by atoms with Crippen LogP contribution in [0.15, 0.2) is 53.1 Å². The van der Waals surface area contributed by atoms with Crippen molar-refractivity contribution in [1.29, 1.82) is 0 Å². The van der Waals surface area contributed by atoms with Gasteiger partial charge in [0.15, 0.2) is 6.61 Å². The Morgan fingerprint density at radius 3 is 2.71 bits per heavy atom.